The van der Waals surface area contributed by atoms with Gasteiger partial charge in [-0.15, -0.1) is 0 Å². The lowest BCUT2D eigenvalue weighted by Gasteiger charge is -2.05. The highest BCUT2D eigenvalue weighted by Gasteiger charge is 2.02. The smallest absolute Gasteiger partial charge is 0.323 e. The molecule has 0 saturated carbocycles. The van der Waals surface area contributed by atoms with Gasteiger partial charge in [-0.05, 0) is 24.6 Å². The zero-order valence-electron chi connectivity index (χ0n) is 9.43. The number of carbonyl (C=O) groups excluding carboxylic acids is 1. The third-order valence-electron chi connectivity index (χ3n) is 1.95. The van der Waals surface area contributed by atoms with Gasteiger partial charge in [0.05, 0.1) is 6.42 Å². The van der Waals surface area contributed by atoms with Crippen LogP contribution in [0.2, 0.25) is 0 Å². The van der Waals surface area contributed by atoms with Crippen LogP contribution in [0.1, 0.15) is 12.5 Å². The Hall–Kier alpha value is -2.30. The second kappa shape index (κ2) is 6.32. The Labute approximate surface area is 99.1 Å². The molecule has 0 fully saturated rings. The van der Waals surface area contributed by atoms with Gasteiger partial charge in [-0.2, -0.15) is 0 Å². The Morgan fingerprint density at radius 3 is 2.47 bits per heavy atom. The summed E-state index contributed by atoms with van der Waals surface area (Å²) in [4.78, 5) is 21.7. The van der Waals surface area contributed by atoms with Gasteiger partial charge in [0.25, 0.3) is 0 Å². The van der Waals surface area contributed by atoms with Gasteiger partial charge in [0, 0.05) is 11.9 Å². The molecule has 0 heterocycles. The van der Waals surface area contributed by atoms with Crippen LogP contribution >= 0.6 is 0 Å². The summed E-state index contributed by atoms with van der Waals surface area (Å²) in [6.45, 7) is 1.79. The predicted octanol–water partition coefficient (Wildman–Crippen LogP) is 1.97. The third-order valence-corrected chi connectivity index (χ3v) is 1.95. The first-order chi connectivity index (χ1) is 8.11. The number of anilines is 1. The molecule has 0 aromatic heterocycles. The van der Waals surface area contributed by atoms with Gasteiger partial charge < -0.3 is 15.7 Å². The van der Waals surface area contributed by atoms with Gasteiger partial charge in [0.1, 0.15) is 0 Å². The third kappa shape index (κ3) is 4.83. The maximum Gasteiger partial charge on any atom is 0.323 e. The highest BCUT2D eigenvalue weighted by Crippen LogP contribution is 2.09. The highest BCUT2D eigenvalue weighted by molar-refractivity contribution is 5.89. The number of amides is 2. The molecule has 0 spiro atoms. The minimum absolute atomic E-state index is 0.0228. The molecule has 0 aliphatic rings. The standard InChI is InChI=1S/C12H14N2O3/c1-2-7-13-12(17)14-10-5-3-9(4-6-10)8-11(15)16/h2-7H,8H2,1H3,(H,15,16)(H2,13,14,17)/b7-2+. The molecule has 3 N–H and O–H groups in total. The topological polar surface area (TPSA) is 78.4 Å². The summed E-state index contributed by atoms with van der Waals surface area (Å²) in [7, 11) is 0. The van der Waals surface area contributed by atoms with Crippen LogP contribution in [0.4, 0.5) is 10.5 Å². The Kier molecular flexibility index (Phi) is 4.75. The van der Waals surface area contributed by atoms with Gasteiger partial charge in [-0.3, -0.25) is 4.79 Å². The second-order valence-corrected chi connectivity index (χ2v) is 3.37. The maximum atomic E-state index is 11.3. The van der Waals surface area contributed by atoms with Gasteiger partial charge >= 0.3 is 12.0 Å². The number of hydrogen-bond acceptors (Lipinski definition) is 2. The fraction of sp³-hybridized carbons (Fsp3) is 0.167. The molecule has 0 bridgehead atoms. The van der Waals surface area contributed by atoms with Crippen LogP contribution in [0.5, 0.6) is 0 Å². The van der Waals surface area contributed by atoms with Crippen molar-refractivity contribution >= 4 is 17.7 Å². The molecule has 5 heteroatoms. The van der Waals surface area contributed by atoms with Crippen LogP contribution in [0.3, 0.4) is 0 Å². The summed E-state index contributed by atoms with van der Waals surface area (Å²) in [5.74, 6) is -0.878. The number of nitrogens with one attached hydrogen (secondary N) is 2. The molecule has 1 aromatic carbocycles. The van der Waals surface area contributed by atoms with Crippen LogP contribution < -0.4 is 10.6 Å². The van der Waals surface area contributed by atoms with Crippen molar-refractivity contribution < 1.29 is 14.7 Å². The van der Waals surface area contributed by atoms with Crippen LogP contribution in [-0.2, 0) is 11.2 Å². The molecule has 5 nitrogen and oxygen atoms in total. The van der Waals surface area contributed by atoms with E-state index >= 15 is 0 Å². The summed E-state index contributed by atoms with van der Waals surface area (Å²) < 4.78 is 0. The lowest BCUT2D eigenvalue weighted by atomic mass is 10.1. The largest absolute Gasteiger partial charge is 0.481 e. The summed E-state index contributed by atoms with van der Waals surface area (Å²) in [6.07, 6.45) is 3.20. The van der Waals surface area contributed by atoms with Crippen molar-refractivity contribution in [1.82, 2.24) is 5.32 Å². The SMILES string of the molecule is C/C=C/NC(=O)Nc1ccc(CC(=O)O)cc1. The molecule has 17 heavy (non-hydrogen) atoms. The zero-order valence-corrected chi connectivity index (χ0v) is 9.43. The zero-order chi connectivity index (χ0) is 12.7. The summed E-state index contributed by atoms with van der Waals surface area (Å²) in [5.41, 5.74) is 1.30. The lowest BCUT2D eigenvalue weighted by molar-refractivity contribution is -0.136. The van der Waals surface area contributed by atoms with Crippen LogP contribution in [0.25, 0.3) is 0 Å². The second-order valence-electron chi connectivity index (χ2n) is 3.37. The normalized spacial score (nSPS) is 10.2. The Morgan fingerprint density at radius 1 is 1.29 bits per heavy atom. The molecule has 0 atom stereocenters. The first-order valence-corrected chi connectivity index (χ1v) is 5.11. The van der Waals surface area contributed by atoms with Crippen molar-refractivity contribution in [3.8, 4) is 0 Å². The van der Waals surface area contributed by atoms with Crippen molar-refractivity contribution in [2.45, 2.75) is 13.3 Å². The van der Waals surface area contributed by atoms with Crippen molar-refractivity contribution in [2.75, 3.05) is 5.32 Å². The van der Waals surface area contributed by atoms with Gasteiger partial charge in [-0.1, -0.05) is 18.2 Å². The van der Waals surface area contributed by atoms with Crippen LogP contribution in [-0.4, -0.2) is 17.1 Å². The number of rotatable bonds is 4. The van der Waals surface area contributed by atoms with Crippen LogP contribution in [0, 0.1) is 0 Å². The van der Waals surface area contributed by atoms with E-state index in [0.717, 1.165) is 0 Å². The summed E-state index contributed by atoms with van der Waals surface area (Å²) in [6, 6.07) is 6.31. The number of carbonyl (C=O) groups is 2. The molecule has 1 aromatic rings. The van der Waals surface area contributed by atoms with Gasteiger partial charge in [-0.25, -0.2) is 4.79 Å². The number of hydrogen-bond donors (Lipinski definition) is 3. The van der Waals surface area contributed by atoms with E-state index in [-0.39, 0.29) is 12.5 Å². The fourth-order valence-corrected chi connectivity index (χ4v) is 1.21. The quantitative estimate of drug-likeness (QED) is 0.745. The summed E-state index contributed by atoms with van der Waals surface area (Å²) >= 11 is 0. The monoisotopic (exact) mass is 234 g/mol. The molecule has 0 unspecified atom stereocenters. The number of aliphatic carboxylic acids is 1. The van der Waals surface area contributed by atoms with E-state index in [0.29, 0.717) is 11.3 Å². The summed E-state index contributed by atoms with van der Waals surface area (Å²) in [5, 5.41) is 13.7. The molecule has 0 saturated heterocycles. The molecule has 0 radical (unpaired) electrons. The average Bonchev–Trinajstić information content (AvgIpc) is 2.28. The number of carboxylic acid groups (broad SMARTS) is 1. The van der Waals surface area contributed by atoms with E-state index in [9.17, 15) is 9.59 Å². The molecule has 0 aliphatic carbocycles. The molecule has 0 aliphatic heterocycles. The van der Waals surface area contributed by atoms with Crippen molar-refractivity contribution in [3.05, 3.63) is 42.1 Å². The minimum atomic E-state index is -0.878. The average molecular weight is 234 g/mol. The number of benzene rings is 1. The van der Waals surface area contributed by atoms with Crippen molar-refractivity contribution in [3.63, 3.8) is 0 Å². The molecular weight excluding hydrogens is 220 g/mol. The van der Waals surface area contributed by atoms with E-state index in [1.807, 2.05) is 0 Å². The maximum absolute atomic E-state index is 11.3. The van der Waals surface area contributed by atoms with E-state index in [2.05, 4.69) is 10.6 Å². The Morgan fingerprint density at radius 2 is 1.94 bits per heavy atom. The number of carboxylic acids is 1. The molecule has 2 amide bonds. The van der Waals surface area contributed by atoms with Crippen LogP contribution in [0.15, 0.2) is 36.5 Å². The lowest BCUT2D eigenvalue weighted by Crippen LogP contribution is -2.23. The minimum Gasteiger partial charge on any atom is -0.481 e. The van der Waals surface area contributed by atoms with Gasteiger partial charge in [0.15, 0.2) is 0 Å². The van der Waals surface area contributed by atoms with E-state index in [1.54, 1.807) is 37.3 Å². The molecule has 1 rings (SSSR count). The Bertz CT molecular complexity index is 424. The number of allylic oxidation sites excluding steroid dienone is 1. The molecular formula is C12H14N2O3. The first-order valence-electron chi connectivity index (χ1n) is 5.11. The molecule has 90 valence electrons. The highest BCUT2D eigenvalue weighted by atomic mass is 16.4. The fourth-order valence-electron chi connectivity index (χ4n) is 1.21. The predicted molar refractivity (Wildman–Crippen MR) is 64.8 cm³/mol. The van der Waals surface area contributed by atoms with Crippen molar-refractivity contribution in [1.29, 1.82) is 0 Å². The van der Waals surface area contributed by atoms with E-state index in [4.69, 9.17) is 5.11 Å². The van der Waals surface area contributed by atoms with Gasteiger partial charge in [0.2, 0.25) is 0 Å². The Balaban J connectivity index is 2.56. The van der Waals surface area contributed by atoms with E-state index in [1.165, 1.54) is 6.20 Å². The van der Waals surface area contributed by atoms with Crippen molar-refractivity contribution in [2.24, 2.45) is 0 Å². The first kappa shape index (κ1) is 12.8. The number of urea groups is 1. The van der Waals surface area contributed by atoms with E-state index < -0.39 is 5.97 Å².